The van der Waals surface area contributed by atoms with Crippen molar-refractivity contribution in [2.45, 2.75) is 64.5 Å². The zero-order valence-corrected chi connectivity index (χ0v) is 13.5. The molecule has 5 nitrogen and oxygen atoms in total. The number of piperazine rings is 1. The first-order valence-corrected chi connectivity index (χ1v) is 8.28. The molecule has 1 N–H and O–H groups in total. The van der Waals surface area contributed by atoms with E-state index in [1.165, 1.54) is 12.8 Å². The molecule has 1 heterocycles. The molecule has 21 heavy (non-hydrogen) atoms. The normalized spacial score (nSPS) is 25.1. The third-order valence-corrected chi connectivity index (χ3v) is 4.83. The van der Waals surface area contributed by atoms with Crippen LogP contribution in [0.25, 0.3) is 0 Å². The smallest absolute Gasteiger partial charge is 0.249 e. The minimum atomic E-state index is -0.723. The summed E-state index contributed by atoms with van der Waals surface area (Å²) in [5, 5.41) is 2.96. The summed E-state index contributed by atoms with van der Waals surface area (Å²) in [5.74, 6) is 0.745. The Bertz CT molecular complexity index is 389. The fourth-order valence-corrected chi connectivity index (χ4v) is 3.02. The summed E-state index contributed by atoms with van der Waals surface area (Å²) in [4.78, 5) is 26.9. The van der Waals surface area contributed by atoms with Gasteiger partial charge in [-0.3, -0.25) is 9.59 Å². The Morgan fingerprint density at radius 2 is 1.90 bits per heavy atom. The Labute approximate surface area is 127 Å². The Morgan fingerprint density at radius 3 is 2.43 bits per heavy atom. The van der Waals surface area contributed by atoms with Crippen molar-refractivity contribution in [2.24, 2.45) is 5.92 Å². The van der Waals surface area contributed by atoms with E-state index in [1.807, 2.05) is 20.8 Å². The first kappa shape index (κ1) is 16.3. The lowest BCUT2D eigenvalue weighted by molar-refractivity contribution is -0.156. The van der Waals surface area contributed by atoms with Crippen molar-refractivity contribution in [3.8, 4) is 0 Å². The van der Waals surface area contributed by atoms with Crippen molar-refractivity contribution in [1.29, 1.82) is 0 Å². The van der Waals surface area contributed by atoms with Crippen LogP contribution in [0.3, 0.4) is 0 Å². The Kier molecular flexibility index (Phi) is 5.25. The number of nitrogens with zero attached hydrogens (tertiary/aromatic N) is 1. The van der Waals surface area contributed by atoms with Crippen molar-refractivity contribution in [3.63, 3.8) is 0 Å². The molecule has 2 aliphatic rings. The van der Waals surface area contributed by atoms with E-state index < -0.39 is 5.54 Å². The topological polar surface area (TPSA) is 58.6 Å². The number of ether oxygens (including phenoxy) is 1. The minimum absolute atomic E-state index is 0.0250. The second-order valence-electron chi connectivity index (χ2n) is 6.22. The summed E-state index contributed by atoms with van der Waals surface area (Å²) < 4.78 is 5.65. The summed E-state index contributed by atoms with van der Waals surface area (Å²) in [6.07, 6.45) is 4.42. The summed E-state index contributed by atoms with van der Waals surface area (Å²) in [5.41, 5.74) is -0.723. The van der Waals surface area contributed by atoms with Crippen molar-refractivity contribution >= 4 is 11.8 Å². The van der Waals surface area contributed by atoms with Gasteiger partial charge in [-0.05, 0) is 38.0 Å². The van der Waals surface area contributed by atoms with Gasteiger partial charge in [-0.1, -0.05) is 20.8 Å². The van der Waals surface area contributed by atoms with E-state index in [2.05, 4.69) is 5.32 Å². The van der Waals surface area contributed by atoms with Crippen molar-refractivity contribution in [2.75, 3.05) is 19.8 Å². The van der Waals surface area contributed by atoms with Gasteiger partial charge in [-0.15, -0.1) is 0 Å². The van der Waals surface area contributed by atoms with E-state index in [4.69, 9.17) is 4.74 Å². The summed E-state index contributed by atoms with van der Waals surface area (Å²) in [6.45, 7) is 7.68. The number of hydrogen-bond donors (Lipinski definition) is 1. The molecule has 1 saturated carbocycles. The van der Waals surface area contributed by atoms with Crippen molar-refractivity contribution < 1.29 is 14.3 Å². The van der Waals surface area contributed by atoms with Gasteiger partial charge in [-0.2, -0.15) is 0 Å². The van der Waals surface area contributed by atoms with Gasteiger partial charge in [-0.25, -0.2) is 0 Å². The van der Waals surface area contributed by atoms with Crippen LogP contribution in [-0.2, 0) is 14.3 Å². The van der Waals surface area contributed by atoms with E-state index in [-0.39, 0.29) is 17.9 Å². The maximum atomic E-state index is 12.8. The molecule has 1 atom stereocenters. The quantitative estimate of drug-likeness (QED) is 0.694. The van der Waals surface area contributed by atoms with Gasteiger partial charge in [0.15, 0.2) is 0 Å². The monoisotopic (exact) mass is 296 g/mol. The van der Waals surface area contributed by atoms with Crippen LogP contribution in [0.15, 0.2) is 0 Å². The second-order valence-corrected chi connectivity index (χ2v) is 6.22. The predicted molar refractivity (Wildman–Crippen MR) is 80.8 cm³/mol. The van der Waals surface area contributed by atoms with Crippen LogP contribution in [0.5, 0.6) is 0 Å². The molecular formula is C16H28N2O3. The molecule has 0 aromatic rings. The van der Waals surface area contributed by atoms with Crippen LogP contribution in [0, 0.1) is 5.92 Å². The molecule has 0 radical (unpaired) electrons. The van der Waals surface area contributed by atoms with Crippen molar-refractivity contribution in [1.82, 2.24) is 10.2 Å². The number of carbonyl (C=O) groups is 2. The van der Waals surface area contributed by atoms with Gasteiger partial charge in [0.2, 0.25) is 11.8 Å². The molecule has 2 rings (SSSR count). The second kappa shape index (κ2) is 6.77. The average molecular weight is 296 g/mol. The number of amides is 2. The lowest BCUT2D eigenvalue weighted by Crippen LogP contribution is -2.70. The first-order valence-electron chi connectivity index (χ1n) is 8.28. The van der Waals surface area contributed by atoms with Gasteiger partial charge >= 0.3 is 0 Å². The number of carbonyl (C=O) groups excluding carboxylic acids is 2. The fraction of sp³-hybridized carbons (Fsp3) is 0.875. The maximum Gasteiger partial charge on any atom is 0.249 e. The highest BCUT2D eigenvalue weighted by atomic mass is 16.5. The lowest BCUT2D eigenvalue weighted by atomic mass is 9.86. The molecule has 0 bridgehead atoms. The summed E-state index contributed by atoms with van der Waals surface area (Å²) in [7, 11) is 0. The SMILES string of the molecule is CCC1C(=O)NC(CC)(CC)C(=O)N1CCOCC1CC1. The highest BCUT2D eigenvalue weighted by Crippen LogP contribution is 2.29. The molecule has 0 aromatic carbocycles. The van der Waals surface area contributed by atoms with Crippen LogP contribution in [0.4, 0.5) is 0 Å². The predicted octanol–water partition coefficient (Wildman–Crippen LogP) is 1.71. The molecule has 0 aromatic heterocycles. The third-order valence-electron chi connectivity index (χ3n) is 4.83. The van der Waals surface area contributed by atoms with E-state index in [1.54, 1.807) is 4.90 Å². The van der Waals surface area contributed by atoms with Crippen LogP contribution < -0.4 is 5.32 Å². The fourth-order valence-electron chi connectivity index (χ4n) is 3.02. The van der Waals surface area contributed by atoms with E-state index in [9.17, 15) is 9.59 Å². The standard InChI is InChI=1S/C16H28N2O3/c1-4-13-14(19)17-16(5-2,6-3)15(20)18(13)9-10-21-11-12-7-8-12/h12-13H,4-11H2,1-3H3,(H,17,19). The first-order chi connectivity index (χ1) is 10.1. The molecule has 120 valence electrons. The average Bonchev–Trinajstić information content (AvgIpc) is 3.30. The van der Waals surface area contributed by atoms with Gasteiger partial charge in [0.25, 0.3) is 0 Å². The lowest BCUT2D eigenvalue weighted by Gasteiger charge is -2.45. The molecule has 1 saturated heterocycles. The van der Waals surface area contributed by atoms with Gasteiger partial charge in [0, 0.05) is 13.2 Å². The molecule has 5 heteroatoms. The largest absolute Gasteiger partial charge is 0.379 e. The van der Waals surface area contributed by atoms with E-state index >= 15 is 0 Å². The van der Waals surface area contributed by atoms with E-state index in [0.717, 1.165) is 12.5 Å². The number of rotatable bonds is 8. The molecule has 1 unspecified atom stereocenters. The van der Waals surface area contributed by atoms with Crippen LogP contribution >= 0.6 is 0 Å². The van der Waals surface area contributed by atoms with Crippen LogP contribution in [0.2, 0.25) is 0 Å². The Morgan fingerprint density at radius 1 is 1.24 bits per heavy atom. The molecule has 2 amide bonds. The molecule has 1 aliphatic carbocycles. The molecular weight excluding hydrogens is 268 g/mol. The maximum absolute atomic E-state index is 12.8. The Balaban J connectivity index is 2.00. The Hall–Kier alpha value is -1.10. The van der Waals surface area contributed by atoms with Crippen LogP contribution in [-0.4, -0.2) is 48.1 Å². The molecule has 0 spiro atoms. The highest BCUT2D eigenvalue weighted by molar-refractivity contribution is 5.99. The summed E-state index contributed by atoms with van der Waals surface area (Å²) >= 11 is 0. The van der Waals surface area contributed by atoms with Gasteiger partial charge in [0.1, 0.15) is 11.6 Å². The minimum Gasteiger partial charge on any atom is -0.379 e. The van der Waals surface area contributed by atoms with Crippen molar-refractivity contribution in [3.05, 3.63) is 0 Å². The third kappa shape index (κ3) is 3.39. The zero-order chi connectivity index (χ0) is 15.5. The van der Waals surface area contributed by atoms with Gasteiger partial charge < -0.3 is 15.0 Å². The number of hydrogen-bond acceptors (Lipinski definition) is 3. The number of nitrogens with one attached hydrogen (secondary N) is 1. The van der Waals surface area contributed by atoms with Crippen LogP contribution in [0.1, 0.15) is 52.9 Å². The van der Waals surface area contributed by atoms with Gasteiger partial charge in [0.05, 0.1) is 6.61 Å². The molecule has 1 aliphatic heterocycles. The zero-order valence-electron chi connectivity index (χ0n) is 13.5. The highest BCUT2D eigenvalue weighted by Gasteiger charge is 2.47. The van der Waals surface area contributed by atoms with E-state index in [0.29, 0.717) is 32.4 Å². The molecule has 2 fully saturated rings. The summed E-state index contributed by atoms with van der Waals surface area (Å²) in [6, 6.07) is -0.353.